The van der Waals surface area contributed by atoms with Crippen LogP contribution in [-0.4, -0.2) is 17.2 Å². The van der Waals surface area contributed by atoms with Gasteiger partial charge < -0.3 is 9.84 Å². The third-order valence-corrected chi connectivity index (χ3v) is 4.01. The Balaban J connectivity index is 2.29. The summed E-state index contributed by atoms with van der Waals surface area (Å²) in [6.45, 7) is 2.14. The minimum Gasteiger partial charge on any atom is -0.481 e. The molecule has 0 aliphatic heterocycles. The lowest BCUT2D eigenvalue weighted by molar-refractivity contribution is 0.0187. The second-order valence-corrected chi connectivity index (χ2v) is 5.48. The third kappa shape index (κ3) is 2.71. The second kappa shape index (κ2) is 5.58. The molecule has 1 fully saturated rings. The van der Waals surface area contributed by atoms with Crippen LogP contribution in [0.2, 0.25) is 0 Å². The fourth-order valence-corrected chi connectivity index (χ4v) is 2.98. The van der Waals surface area contributed by atoms with Crippen LogP contribution in [0.15, 0.2) is 18.2 Å². The van der Waals surface area contributed by atoms with Gasteiger partial charge in [0.1, 0.15) is 6.10 Å². The first-order valence-electron chi connectivity index (χ1n) is 6.71. The van der Waals surface area contributed by atoms with Crippen molar-refractivity contribution in [2.45, 2.75) is 38.7 Å². The summed E-state index contributed by atoms with van der Waals surface area (Å²) in [6, 6.07) is 7.64. The van der Waals surface area contributed by atoms with Gasteiger partial charge in [0, 0.05) is 6.07 Å². The Kier molecular flexibility index (Phi) is 4.06. The second-order valence-electron chi connectivity index (χ2n) is 5.48. The van der Waals surface area contributed by atoms with Crippen LogP contribution in [0.25, 0.3) is 0 Å². The summed E-state index contributed by atoms with van der Waals surface area (Å²) in [5.41, 5.74) is -0.188. The molecule has 4 heteroatoms. The number of hydrogen-bond donors (Lipinski definition) is 1. The number of methoxy groups -OCH3 is 1. The molecular weight excluding hydrogens is 240 g/mol. The molecule has 0 bridgehead atoms. The van der Waals surface area contributed by atoms with E-state index in [1.165, 1.54) is 0 Å². The van der Waals surface area contributed by atoms with Crippen LogP contribution in [0.4, 0.5) is 0 Å². The van der Waals surface area contributed by atoms with E-state index in [9.17, 15) is 10.4 Å². The van der Waals surface area contributed by atoms with Gasteiger partial charge in [-0.05, 0) is 24.8 Å². The molecule has 102 valence electrons. The molecular formula is C15H20N2O2. The van der Waals surface area contributed by atoms with Gasteiger partial charge in [-0.1, -0.05) is 25.8 Å². The Labute approximate surface area is 114 Å². The molecule has 1 aromatic heterocycles. The highest BCUT2D eigenvalue weighted by Crippen LogP contribution is 2.47. The lowest BCUT2D eigenvalue weighted by atomic mass is 9.67. The predicted octanol–water partition coefficient (Wildman–Crippen LogP) is 2.84. The van der Waals surface area contributed by atoms with E-state index in [0.29, 0.717) is 17.5 Å². The first-order chi connectivity index (χ1) is 9.11. The Bertz CT molecular complexity index is 483. The van der Waals surface area contributed by atoms with Crippen molar-refractivity contribution >= 4 is 0 Å². The first-order valence-corrected chi connectivity index (χ1v) is 6.71. The van der Waals surface area contributed by atoms with Gasteiger partial charge in [0.15, 0.2) is 0 Å². The number of nitriles is 1. The van der Waals surface area contributed by atoms with Crippen molar-refractivity contribution in [3.63, 3.8) is 0 Å². The van der Waals surface area contributed by atoms with Gasteiger partial charge in [0.2, 0.25) is 5.88 Å². The van der Waals surface area contributed by atoms with Gasteiger partial charge in [-0.15, -0.1) is 0 Å². The largest absolute Gasteiger partial charge is 0.481 e. The molecule has 0 saturated heterocycles. The van der Waals surface area contributed by atoms with E-state index in [-0.39, 0.29) is 0 Å². The fraction of sp³-hybridized carbons (Fsp3) is 0.600. The summed E-state index contributed by atoms with van der Waals surface area (Å²) in [4.78, 5) is 4.26. The Hall–Kier alpha value is -1.60. The van der Waals surface area contributed by atoms with E-state index in [1.54, 1.807) is 25.3 Å². The third-order valence-electron chi connectivity index (χ3n) is 4.01. The molecule has 3 unspecified atom stereocenters. The van der Waals surface area contributed by atoms with Crippen LogP contribution in [0.5, 0.6) is 5.88 Å². The van der Waals surface area contributed by atoms with Crippen LogP contribution in [0.3, 0.4) is 0 Å². The number of pyridine rings is 1. The van der Waals surface area contributed by atoms with Crippen molar-refractivity contribution < 1.29 is 9.84 Å². The van der Waals surface area contributed by atoms with Gasteiger partial charge in [-0.2, -0.15) is 5.26 Å². The summed E-state index contributed by atoms with van der Waals surface area (Å²) in [5.74, 6) is 0.933. The summed E-state index contributed by atoms with van der Waals surface area (Å²) in [6.07, 6.45) is 2.71. The molecule has 1 saturated carbocycles. The maximum absolute atomic E-state index is 10.6. The van der Waals surface area contributed by atoms with Crippen molar-refractivity contribution in [1.29, 1.82) is 5.26 Å². The highest BCUT2D eigenvalue weighted by molar-refractivity contribution is 5.22. The Morgan fingerprint density at radius 3 is 3.00 bits per heavy atom. The smallest absolute Gasteiger partial charge is 0.213 e. The SMILES string of the molecule is COc1cccc(C(O)C2(C#N)CCCC(C)C2)n1. The topological polar surface area (TPSA) is 66.1 Å². The number of aliphatic hydroxyl groups excluding tert-OH is 1. The van der Waals surface area contributed by atoms with Crippen molar-refractivity contribution in [3.8, 4) is 11.9 Å². The summed E-state index contributed by atoms with van der Waals surface area (Å²) in [5, 5.41) is 20.1. The predicted molar refractivity (Wildman–Crippen MR) is 71.4 cm³/mol. The summed E-state index contributed by atoms with van der Waals surface area (Å²) in [7, 11) is 1.54. The Morgan fingerprint density at radius 1 is 1.58 bits per heavy atom. The van der Waals surface area contributed by atoms with Gasteiger partial charge in [-0.25, -0.2) is 4.98 Å². The summed E-state index contributed by atoms with van der Waals surface area (Å²) >= 11 is 0. The minimum absolute atomic E-state index is 0.466. The van der Waals surface area contributed by atoms with Crippen LogP contribution >= 0.6 is 0 Å². The van der Waals surface area contributed by atoms with Crippen molar-refractivity contribution in [3.05, 3.63) is 23.9 Å². The number of aliphatic hydroxyl groups is 1. The molecule has 0 aromatic carbocycles. The molecule has 1 heterocycles. The molecule has 0 spiro atoms. The molecule has 1 aliphatic carbocycles. The Morgan fingerprint density at radius 2 is 2.37 bits per heavy atom. The van der Waals surface area contributed by atoms with E-state index in [2.05, 4.69) is 18.0 Å². The molecule has 1 N–H and O–H groups in total. The van der Waals surface area contributed by atoms with Crippen LogP contribution in [-0.2, 0) is 0 Å². The van der Waals surface area contributed by atoms with E-state index >= 15 is 0 Å². The monoisotopic (exact) mass is 260 g/mol. The standard InChI is InChI=1S/C15H20N2O2/c1-11-5-4-8-15(9-11,10-16)14(18)12-6-3-7-13(17-12)19-2/h3,6-7,11,14,18H,4-5,8-9H2,1-2H3. The molecule has 19 heavy (non-hydrogen) atoms. The lowest BCUT2D eigenvalue weighted by Crippen LogP contribution is -2.33. The number of rotatable bonds is 3. The van der Waals surface area contributed by atoms with Crippen molar-refractivity contribution in [2.24, 2.45) is 11.3 Å². The maximum atomic E-state index is 10.6. The minimum atomic E-state index is -0.852. The number of ether oxygens (including phenoxy) is 1. The molecule has 2 rings (SSSR count). The van der Waals surface area contributed by atoms with Gasteiger partial charge in [0.25, 0.3) is 0 Å². The zero-order valence-corrected chi connectivity index (χ0v) is 11.5. The van der Waals surface area contributed by atoms with Crippen molar-refractivity contribution in [1.82, 2.24) is 4.98 Å². The highest BCUT2D eigenvalue weighted by Gasteiger charge is 2.43. The van der Waals surface area contributed by atoms with E-state index in [1.807, 2.05) is 0 Å². The van der Waals surface area contributed by atoms with Crippen LogP contribution in [0, 0.1) is 22.7 Å². The maximum Gasteiger partial charge on any atom is 0.213 e. The fourth-order valence-electron chi connectivity index (χ4n) is 2.98. The molecule has 0 radical (unpaired) electrons. The van der Waals surface area contributed by atoms with Gasteiger partial charge in [0.05, 0.1) is 24.3 Å². The molecule has 1 aromatic rings. The molecule has 0 amide bonds. The zero-order valence-electron chi connectivity index (χ0n) is 11.5. The van der Waals surface area contributed by atoms with E-state index in [4.69, 9.17) is 4.74 Å². The lowest BCUT2D eigenvalue weighted by Gasteiger charge is -2.37. The summed E-state index contributed by atoms with van der Waals surface area (Å²) < 4.78 is 5.07. The zero-order chi connectivity index (χ0) is 13.9. The van der Waals surface area contributed by atoms with Gasteiger partial charge >= 0.3 is 0 Å². The normalized spacial score (nSPS) is 28.4. The quantitative estimate of drug-likeness (QED) is 0.907. The average Bonchev–Trinajstić information content (AvgIpc) is 2.46. The number of aromatic nitrogens is 1. The van der Waals surface area contributed by atoms with Crippen LogP contribution in [0.1, 0.15) is 44.4 Å². The van der Waals surface area contributed by atoms with Crippen molar-refractivity contribution in [2.75, 3.05) is 7.11 Å². The molecule has 1 aliphatic rings. The average molecular weight is 260 g/mol. The number of hydrogen-bond acceptors (Lipinski definition) is 4. The first kappa shape index (κ1) is 13.8. The van der Waals surface area contributed by atoms with Gasteiger partial charge in [-0.3, -0.25) is 0 Å². The van der Waals surface area contributed by atoms with E-state index in [0.717, 1.165) is 25.7 Å². The highest BCUT2D eigenvalue weighted by atomic mass is 16.5. The number of nitrogens with zero attached hydrogens (tertiary/aromatic N) is 2. The van der Waals surface area contributed by atoms with Crippen LogP contribution < -0.4 is 4.74 Å². The molecule has 3 atom stereocenters. The van der Waals surface area contributed by atoms with E-state index < -0.39 is 11.5 Å². The molecule has 4 nitrogen and oxygen atoms in total.